The van der Waals surface area contributed by atoms with Gasteiger partial charge in [-0.05, 0) is 29.6 Å². The van der Waals surface area contributed by atoms with Gasteiger partial charge in [0, 0.05) is 37.1 Å². The number of imidazole rings is 1. The number of hydrogen-bond acceptors (Lipinski definition) is 6. The molecule has 29 heavy (non-hydrogen) atoms. The zero-order chi connectivity index (χ0) is 20.6. The fourth-order valence-electron chi connectivity index (χ4n) is 2.81. The molecule has 150 valence electrons. The molecule has 1 N–H and O–H groups in total. The zero-order valence-corrected chi connectivity index (χ0v) is 18.1. The number of carbonyl (C=O) groups is 1. The summed E-state index contributed by atoms with van der Waals surface area (Å²) in [4.78, 5) is 19.2. The number of nitrogens with one attached hydrogen (secondary N) is 1. The van der Waals surface area contributed by atoms with Crippen molar-refractivity contribution >= 4 is 49.3 Å². The van der Waals surface area contributed by atoms with Crippen molar-refractivity contribution in [3.05, 3.63) is 59.0 Å². The Hall–Kier alpha value is -2.53. The van der Waals surface area contributed by atoms with Crippen LogP contribution in [0.4, 0.5) is 5.69 Å². The summed E-state index contributed by atoms with van der Waals surface area (Å²) in [5.74, 6) is -0.226. The van der Waals surface area contributed by atoms with Crippen molar-refractivity contribution < 1.29 is 13.2 Å². The molecule has 0 radical (unpaired) electrons. The molecular weight excluding hydrogens is 428 g/mol. The molecule has 0 fully saturated rings. The Labute approximate surface area is 176 Å². The lowest BCUT2D eigenvalue weighted by atomic mass is 10.3. The summed E-state index contributed by atoms with van der Waals surface area (Å²) in [5.41, 5.74) is 2.15. The van der Waals surface area contributed by atoms with Crippen molar-refractivity contribution in [2.45, 2.75) is 11.3 Å². The fourth-order valence-corrected chi connectivity index (χ4v) is 5.32. The molecule has 4 aromatic rings. The van der Waals surface area contributed by atoms with E-state index in [0.717, 1.165) is 25.5 Å². The summed E-state index contributed by atoms with van der Waals surface area (Å²) in [5, 5.41) is 6.69. The lowest BCUT2D eigenvalue weighted by Crippen LogP contribution is -2.22. The number of thiophene rings is 1. The lowest BCUT2D eigenvalue weighted by molar-refractivity contribution is -0.115. The Kier molecular flexibility index (Phi) is 5.26. The van der Waals surface area contributed by atoms with Crippen LogP contribution in [-0.2, 0) is 21.2 Å². The normalized spacial score (nSPS) is 12.0. The molecule has 0 spiro atoms. The van der Waals surface area contributed by atoms with Gasteiger partial charge in [-0.3, -0.25) is 9.20 Å². The van der Waals surface area contributed by atoms with E-state index < -0.39 is 10.0 Å². The predicted molar refractivity (Wildman–Crippen MR) is 116 cm³/mol. The fraction of sp³-hybridized carbons (Fsp3) is 0.158. The summed E-state index contributed by atoms with van der Waals surface area (Å²) >= 11 is 3.10. The summed E-state index contributed by atoms with van der Waals surface area (Å²) in [6.07, 6.45) is 2.09. The Balaban J connectivity index is 1.52. The number of nitrogens with zero attached hydrogens (tertiary/aromatic N) is 3. The standard InChI is InChI=1S/C19H18N4O3S3/c1-22(2)29(25,26)15-6-3-5-13(9-15)20-18(24)10-14-12-28-19-21-16(11-23(14)19)17-7-4-8-27-17/h3-9,11-12H,10H2,1-2H3,(H,20,24). The van der Waals surface area contributed by atoms with Gasteiger partial charge in [0.05, 0.1) is 16.2 Å². The average molecular weight is 447 g/mol. The third-order valence-corrected chi connectivity index (χ3v) is 7.89. The summed E-state index contributed by atoms with van der Waals surface area (Å²) in [7, 11) is -0.620. The lowest BCUT2D eigenvalue weighted by Gasteiger charge is -2.12. The molecule has 3 heterocycles. The predicted octanol–water partition coefficient (Wildman–Crippen LogP) is 3.56. The van der Waals surface area contributed by atoms with Crippen LogP contribution in [0.15, 0.2) is 58.3 Å². The Bertz CT molecular complexity index is 1270. The van der Waals surface area contributed by atoms with E-state index in [9.17, 15) is 13.2 Å². The van der Waals surface area contributed by atoms with Gasteiger partial charge in [0.2, 0.25) is 15.9 Å². The molecule has 7 nitrogen and oxygen atoms in total. The van der Waals surface area contributed by atoms with Crippen molar-refractivity contribution in [1.29, 1.82) is 0 Å². The number of aromatic nitrogens is 2. The van der Waals surface area contributed by atoms with E-state index in [4.69, 9.17) is 0 Å². The van der Waals surface area contributed by atoms with E-state index in [-0.39, 0.29) is 17.2 Å². The van der Waals surface area contributed by atoms with E-state index >= 15 is 0 Å². The van der Waals surface area contributed by atoms with Crippen LogP contribution in [0.1, 0.15) is 5.69 Å². The molecule has 0 aliphatic carbocycles. The first-order valence-corrected chi connectivity index (χ1v) is 11.9. The highest BCUT2D eigenvalue weighted by atomic mass is 32.2. The van der Waals surface area contributed by atoms with Crippen molar-refractivity contribution in [2.24, 2.45) is 0 Å². The van der Waals surface area contributed by atoms with Gasteiger partial charge >= 0.3 is 0 Å². The highest BCUT2D eigenvalue weighted by molar-refractivity contribution is 7.89. The number of fused-ring (bicyclic) bond motifs is 1. The molecule has 1 amide bonds. The monoisotopic (exact) mass is 446 g/mol. The van der Waals surface area contributed by atoms with Gasteiger partial charge in [-0.25, -0.2) is 17.7 Å². The minimum absolute atomic E-state index is 0.133. The van der Waals surface area contributed by atoms with Crippen LogP contribution in [-0.4, -0.2) is 42.1 Å². The Morgan fingerprint density at radius 3 is 2.76 bits per heavy atom. The van der Waals surface area contributed by atoms with Crippen molar-refractivity contribution in [3.8, 4) is 10.6 Å². The molecule has 1 aromatic carbocycles. The number of amides is 1. The molecule has 0 bridgehead atoms. The molecule has 3 aromatic heterocycles. The van der Waals surface area contributed by atoms with Crippen molar-refractivity contribution in [1.82, 2.24) is 13.7 Å². The van der Waals surface area contributed by atoms with Crippen LogP contribution >= 0.6 is 22.7 Å². The minimum atomic E-state index is -3.56. The SMILES string of the molecule is CN(C)S(=O)(=O)c1cccc(NC(=O)Cc2csc3nc(-c4cccs4)cn23)c1. The van der Waals surface area contributed by atoms with E-state index in [1.165, 1.54) is 37.6 Å². The van der Waals surface area contributed by atoms with E-state index in [2.05, 4.69) is 10.3 Å². The third kappa shape index (κ3) is 3.97. The van der Waals surface area contributed by atoms with Gasteiger partial charge in [-0.2, -0.15) is 0 Å². The van der Waals surface area contributed by atoms with Gasteiger partial charge in [0.1, 0.15) is 5.69 Å². The minimum Gasteiger partial charge on any atom is -0.326 e. The number of anilines is 1. The third-order valence-electron chi connectivity index (χ3n) is 4.30. The first kappa shape index (κ1) is 19.8. The molecule has 0 aliphatic rings. The van der Waals surface area contributed by atoms with Gasteiger partial charge in [-0.1, -0.05) is 12.1 Å². The zero-order valence-electron chi connectivity index (χ0n) is 15.7. The van der Waals surface area contributed by atoms with E-state index in [1.54, 1.807) is 23.5 Å². The molecule has 4 rings (SSSR count). The van der Waals surface area contributed by atoms with Gasteiger partial charge in [0.25, 0.3) is 0 Å². The van der Waals surface area contributed by atoms with E-state index in [0.29, 0.717) is 5.69 Å². The van der Waals surface area contributed by atoms with Crippen molar-refractivity contribution in [2.75, 3.05) is 19.4 Å². The molecule has 0 aliphatic heterocycles. The van der Waals surface area contributed by atoms with Crippen molar-refractivity contribution in [3.63, 3.8) is 0 Å². The smallest absolute Gasteiger partial charge is 0.242 e. The Morgan fingerprint density at radius 2 is 2.03 bits per heavy atom. The number of rotatable bonds is 6. The second kappa shape index (κ2) is 7.71. The number of benzene rings is 1. The molecule has 0 saturated heterocycles. The molecule has 10 heteroatoms. The quantitative estimate of drug-likeness (QED) is 0.491. The van der Waals surface area contributed by atoms with Crippen LogP contribution in [0.3, 0.4) is 0 Å². The maximum absolute atomic E-state index is 12.6. The van der Waals surface area contributed by atoms with E-state index in [1.807, 2.05) is 33.5 Å². The molecule has 0 atom stereocenters. The number of hydrogen-bond donors (Lipinski definition) is 1. The first-order valence-electron chi connectivity index (χ1n) is 8.66. The maximum Gasteiger partial charge on any atom is 0.242 e. The highest BCUT2D eigenvalue weighted by Crippen LogP contribution is 2.27. The summed E-state index contributed by atoms with van der Waals surface area (Å²) in [6, 6.07) is 10.2. The van der Waals surface area contributed by atoms with Crippen LogP contribution < -0.4 is 5.32 Å². The first-order chi connectivity index (χ1) is 13.8. The number of sulfonamides is 1. The van der Waals surface area contributed by atoms with Crippen LogP contribution in [0.25, 0.3) is 15.5 Å². The van der Waals surface area contributed by atoms with Gasteiger partial charge in [0.15, 0.2) is 4.96 Å². The topological polar surface area (TPSA) is 83.8 Å². The highest BCUT2D eigenvalue weighted by Gasteiger charge is 2.18. The molecule has 0 unspecified atom stereocenters. The van der Waals surface area contributed by atoms with Gasteiger partial charge in [-0.15, -0.1) is 22.7 Å². The van der Waals surface area contributed by atoms with Crippen LogP contribution in [0.5, 0.6) is 0 Å². The van der Waals surface area contributed by atoms with Crippen LogP contribution in [0.2, 0.25) is 0 Å². The summed E-state index contributed by atoms with van der Waals surface area (Å²) in [6.45, 7) is 0. The molecule has 0 saturated carbocycles. The average Bonchev–Trinajstić information content (AvgIpc) is 3.39. The summed E-state index contributed by atoms with van der Waals surface area (Å²) < 4.78 is 27.6. The van der Waals surface area contributed by atoms with Crippen LogP contribution in [0, 0.1) is 0 Å². The molecular formula is C19H18N4O3S3. The maximum atomic E-state index is 12.6. The largest absolute Gasteiger partial charge is 0.326 e. The Morgan fingerprint density at radius 1 is 1.21 bits per heavy atom. The number of thiazole rings is 1. The van der Waals surface area contributed by atoms with Gasteiger partial charge < -0.3 is 5.32 Å². The number of carbonyl (C=O) groups excluding carboxylic acids is 1. The second-order valence-electron chi connectivity index (χ2n) is 6.52. The second-order valence-corrected chi connectivity index (χ2v) is 10.5.